The van der Waals surface area contributed by atoms with Crippen LogP contribution in [0.5, 0.6) is 5.75 Å². The molecule has 0 aliphatic heterocycles. The van der Waals surface area contributed by atoms with Crippen LogP contribution in [-0.2, 0) is 0 Å². The number of hydrogen-bond donors (Lipinski definition) is 0. The van der Waals surface area contributed by atoms with Gasteiger partial charge in [-0.25, -0.2) is 0 Å². The Hall–Kier alpha value is -2.42. The maximum absolute atomic E-state index is 10.2. The molecule has 0 saturated carbocycles. The molecule has 0 amide bonds. The summed E-state index contributed by atoms with van der Waals surface area (Å²) in [6.45, 7) is 1.99. The zero-order valence-corrected chi connectivity index (χ0v) is 11.0. The smallest absolute Gasteiger partial charge is 0.150 e. The van der Waals surface area contributed by atoms with Gasteiger partial charge in [0, 0.05) is 11.1 Å². The van der Waals surface area contributed by atoms with E-state index in [0.29, 0.717) is 5.56 Å². The van der Waals surface area contributed by atoms with Gasteiger partial charge in [0.15, 0.2) is 0 Å². The summed E-state index contributed by atoms with van der Waals surface area (Å²) in [6, 6.07) is 14.4. The number of aldehydes is 2. The zero-order valence-electron chi connectivity index (χ0n) is 11.0. The van der Waals surface area contributed by atoms with Crippen molar-refractivity contribution in [2.75, 3.05) is 7.11 Å². The van der Waals surface area contributed by atoms with E-state index in [-0.39, 0.29) is 0 Å². The van der Waals surface area contributed by atoms with E-state index in [4.69, 9.17) is 4.74 Å². The van der Waals surface area contributed by atoms with E-state index in [2.05, 4.69) is 0 Å². The minimum Gasteiger partial charge on any atom is -0.497 e. The highest BCUT2D eigenvalue weighted by atomic mass is 16.5. The number of rotatable bonds is 3. The largest absolute Gasteiger partial charge is 0.497 e. The molecule has 0 spiro atoms. The van der Waals surface area contributed by atoms with Crippen LogP contribution in [0.3, 0.4) is 0 Å². The summed E-state index contributed by atoms with van der Waals surface area (Å²) in [7, 11) is 1.59. The van der Waals surface area contributed by atoms with Crippen molar-refractivity contribution in [3.63, 3.8) is 0 Å². The monoisotopic (exact) mass is 256 g/mol. The summed E-state index contributed by atoms with van der Waals surface area (Å²) in [5.74, 6) is 0.769. The predicted octanol–water partition coefficient (Wildman–Crippen LogP) is 3.32. The van der Waals surface area contributed by atoms with E-state index in [1.54, 1.807) is 31.4 Å². The topological polar surface area (TPSA) is 43.4 Å². The van der Waals surface area contributed by atoms with Gasteiger partial charge in [0.25, 0.3) is 0 Å². The van der Waals surface area contributed by atoms with Gasteiger partial charge in [-0.1, -0.05) is 29.8 Å². The molecular weight excluding hydrogens is 240 g/mol. The van der Waals surface area contributed by atoms with E-state index >= 15 is 0 Å². The lowest BCUT2D eigenvalue weighted by Gasteiger charge is -1.96. The molecule has 0 bridgehead atoms. The van der Waals surface area contributed by atoms with Crippen molar-refractivity contribution in [2.45, 2.75) is 6.92 Å². The first-order valence-corrected chi connectivity index (χ1v) is 5.80. The molecule has 0 atom stereocenters. The molecular formula is C16H16O3. The fraction of sp³-hybridized carbons (Fsp3) is 0.125. The second-order valence-corrected chi connectivity index (χ2v) is 3.92. The molecule has 2 aromatic carbocycles. The summed E-state index contributed by atoms with van der Waals surface area (Å²) in [6.07, 6.45) is 1.65. The number of carbonyl (C=O) groups excluding carboxylic acids is 2. The van der Waals surface area contributed by atoms with Crippen LogP contribution >= 0.6 is 0 Å². The third kappa shape index (κ3) is 5.17. The normalized spacial score (nSPS) is 8.95. The van der Waals surface area contributed by atoms with Crippen LogP contribution in [0.4, 0.5) is 0 Å². The molecule has 3 heteroatoms. The molecule has 0 unspecified atom stereocenters. The van der Waals surface area contributed by atoms with E-state index < -0.39 is 0 Å². The standard InChI is InChI=1S/C8H8O2.C8H8O/c1-10-8-4-2-7(6-9)3-5-8;1-7-2-4-8(6-9)5-3-7/h2-6H,1H3;2-6H,1H3. The summed E-state index contributed by atoms with van der Waals surface area (Å²) >= 11 is 0. The molecule has 0 saturated heterocycles. The lowest BCUT2D eigenvalue weighted by Crippen LogP contribution is -1.82. The van der Waals surface area contributed by atoms with Crippen LogP contribution in [0, 0.1) is 6.92 Å². The van der Waals surface area contributed by atoms with Gasteiger partial charge in [0.1, 0.15) is 18.3 Å². The first-order chi connectivity index (χ1) is 9.19. The van der Waals surface area contributed by atoms with Crippen molar-refractivity contribution >= 4 is 12.6 Å². The Morgan fingerprint density at radius 1 is 0.789 bits per heavy atom. The molecule has 0 heterocycles. The average Bonchev–Trinajstić information content (AvgIpc) is 2.49. The number of methoxy groups -OCH3 is 1. The first-order valence-electron chi connectivity index (χ1n) is 5.80. The molecule has 98 valence electrons. The number of aryl methyl sites for hydroxylation is 1. The van der Waals surface area contributed by atoms with Crippen LogP contribution in [0.15, 0.2) is 48.5 Å². The molecule has 0 radical (unpaired) electrons. The SMILES string of the molecule is COc1ccc(C=O)cc1.Cc1ccc(C=O)cc1. The van der Waals surface area contributed by atoms with Gasteiger partial charge in [0.2, 0.25) is 0 Å². The lowest BCUT2D eigenvalue weighted by molar-refractivity contribution is 0.111. The van der Waals surface area contributed by atoms with Gasteiger partial charge < -0.3 is 4.74 Å². The van der Waals surface area contributed by atoms with Crippen LogP contribution < -0.4 is 4.74 Å². The highest BCUT2D eigenvalue weighted by molar-refractivity contribution is 5.75. The van der Waals surface area contributed by atoms with Crippen molar-refractivity contribution in [3.8, 4) is 5.75 Å². The Morgan fingerprint density at radius 3 is 1.58 bits per heavy atom. The van der Waals surface area contributed by atoms with Gasteiger partial charge in [-0.15, -0.1) is 0 Å². The van der Waals surface area contributed by atoms with Crippen LogP contribution in [0.2, 0.25) is 0 Å². The molecule has 3 nitrogen and oxygen atoms in total. The Balaban J connectivity index is 0.000000191. The fourth-order valence-corrected chi connectivity index (χ4v) is 1.33. The summed E-state index contributed by atoms with van der Waals surface area (Å²) in [5, 5.41) is 0. The molecule has 19 heavy (non-hydrogen) atoms. The maximum atomic E-state index is 10.2. The highest BCUT2D eigenvalue weighted by Gasteiger charge is 1.89. The number of ether oxygens (including phenoxy) is 1. The van der Waals surface area contributed by atoms with Crippen molar-refractivity contribution in [1.82, 2.24) is 0 Å². The Morgan fingerprint density at radius 2 is 1.21 bits per heavy atom. The van der Waals surface area contributed by atoms with Gasteiger partial charge >= 0.3 is 0 Å². The van der Waals surface area contributed by atoms with E-state index in [9.17, 15) is 9.59 Å². The Labute approximate surface area is 112 Å². The quantitative estimate of drug-likeness (QED) is 0.791. The first kappa shape index (κ1) is 14.6. The molecule has 0 aromatic heterocycles. The highest BCUT2D eigenvalue weighted by Crippen LogP contribution is 2.09. The third-order valence-corrected chi connectivity index (χ3v) is 2.47. The van der Waals surface area contributed by atoms with Crippen LogP contribution in [0.25, 0.3) is 0 Å². The third-order valence-electron chi connectivity index (χ3n) is 2.47. The van der Waals surface area contributed by atoms with Gasteiger partial charge in [0.05, 0.1) is 7.11 Å². The number of hydrogen-bond acceptors (Lipinski definition) is 3. The number of benzene rings is 2. The van der Waals surface area contributed by atoms with E-state index in [0.717, 1.165) is 23.9 Å². The maximum Gasteiger partial charge on any atom is 0.150 e. The van der Waals surface area contributed by atoms with Crippen molar-refractivity contribution < 1.29 is 14.3 Å². The Bertz CT molecular complexity index is 513. The molecule has 0 aliphatic rings. The van der Waals surface area contributed by atoms with Crippen molar-refractivity contribution in [3.05, 3.63) is 65.2 Å². The zero-order chi connectivity index (χ0) is 14.1. The van der Waals surface area contributed by atoms with Gasteiger partial charge in [-0.3, -0.25) is 9.59 Å². The minimum absolute atomic E-state index is 0.667. The summed E-state index contributed by atoms with van der Waals surface area (Å²) < 4.78 is 4.90. The Kier molecular flexibility index (Phi) is 6.03. The molecule has 0 aliphatic carbocycles. The second-order valence-electron chi connectivity index (χ2n) is 3.92. The van der Waals surface area contributed by atoms with E-state index in [1.807, 2.05) is 31.2 Å². The molecule has 2 rings (SSSR count). The van der Waals surface area contributed by atoms with Gasteiger partial charge in [-0.2, -0.15) is 0 Å². The lowest BCUT2D eigenvalue weighted by atomic mass is 10.2. The summed E-state index contributed by atoms with van der Waals surface area (Å²) in [5.41, 5.74) is 2.59. The van der Waals surface area contributed by atoms with Gasteiger partial charge in [-0.05, 0) is 31.2 Å². The molecule has 0 N–H and O–H groups in total. The minimum atomic E-state index is 0.667. The molecule has 2 aromatic rings. The second kappa shape index (κ2) is 7.82. The van der Waals surface area contributed by atoms with Crippen LogP contribution in [0.1, 0.15) is 26.3 Å². The fourth-order valence-electron chi connectivity index (χ4n) is 1.33. The molecule has 0 fully saturated rings. The number of carbonyl (C=O) groups is 2. The van der Waals surface area contributed by atoms with Crippen molar-refractivity contribution in [2.24, 2.45) is 0 Å². The van der Waals surface area contributed by atoms with Crippen molar-refractivity contribution in [1.29, 1.82) is 0 Å². The predicted molar refractivity (Wildman–Crippen MR) is 74.9 cm³/mol. The van der Waals surface area contributed by atoms with Crippen LogP contribution in [-0.4, -0.2) is 19.7 Å². The summed E-state index contributed by atoms with van der Waals surface area (Å²) in [4.78, 5) is 20.3. The van der Waals surface area contributed by atoms with E-state index in [1.165, 1.54) is 5.56 Å². The average molecular weight is 256 g/mol.